The number of alkyl halides is 3. The summed E-state index contributed by atoms with van der Waals surface area (Å²) < 4.78 is 36.2. The third kappa shape index (κ3) is 8.09. The van der Waals surface area contributed by atoms with Crippen LogP contribution < -0.4 is 5.32 Å². The molecule has 0 amide bonds. The van der Waals surface area contributed by atoms with Crippen molar-refractivity contribution in [3.63, 3.8) is 0 Å². The first-order valence-corrected chi connectivity index (χ1v) is 4.56. The molecule has 0 aliphatic heterocycles. The zero-order valence-corrected chi connectivity index (χ0v) is 8.41. The Morgan fingerprint density at radius 1 is 1.23 bits per heavy atom. The van der Waals surface area contributed by atoms with E-state index in [0.717, 1.165) is 0 Å². The second-order valence-corrected chi connectivity index (χ2v) is 3.87. The van der Waals surface area contributed by atoms with Gasteiger partial charge in [0.1, 0.15) is 0 Å². The highest BCUT2D eigenvalue weighted by molar-refractivity contribution is 4.67. The van der Waals surface area contributed by atoms with E-state index in [1.165, 1.54) is 0 Å². The predicted octanol–water partition coefficient (Wildman–Crippen LogP) is 2.82. The SMILES string of the molecule is CNC[C@@H](CC(C)C)CC(F)(F)F. The average molecular weight is 197 g/mol. The summed E-state index contributed by atoms with van der Waals surface area (Å²) in [5.74, 6) is 0.0331. The van der Waals surface area contributed by atoms with Crippen LogP contribution in [-0.2, 0) is 0 Å². The van der Waals surface area contributed by atoms with Crippen molar-refractivity contribution in [2.75, 3.05) is 13.6 Å². The maximum absolute atomic E-state index is 12.1. The molecule has 0 aromatic carbocycles. The zero-order valence-electron chi connectivity index (χ0n) is 8.41. The van der Waals surface area contributed by atoms with Gasteiger partial charge < -0.3 is 5.32 Å². The Bertz CT molecular complexity index is 131. The molecule has 4 heteroatoms. The van der Waals surface area contributed by atoms with Crippen LogP contribution in [0.15, 0.2) is 0 Å². The summed E-state index contributed by atoms with van der Waals surface area (Å²) >= 11 is 0. The number of halogens is 3. The van der Waals surface area contributed by atoms with Crippen molar-refractivity contribution in [3.05, 3.63) is 0 Å². The molecule has 0 aliphatic carbocycles. The van der Waals surface area contributed by atoms with Crippen LogP contribution in [0.3, 0.4) is 0 Å². The minimum atomic E-state index is -4.03. The number of nitrogens with one attached hydrogen (secondary N) is 1. The van der Waals surface area contributed by atoms with Crippen LogP contribution in [0.5, 0.6) is 0 Å². The molecule has 0 radical (unpaired) electrons. The second-order valence-electron chi connectivity index (χ2n) is 3.87. The zero-order chi connectivity index (χ0) is 10.5. The van der Waals surface area contributed by atoms with Gasteiger partial charge in [0.2, 0.25) is 0 Å². The topological polar surface area (TPSA) is 12.0 Å². The Balaban J connectivity index is 3.94. The molecule has 0 saturated carbocycles. The van der Waals surface area contributed by atoms with Crippen molar-refractivity contribution in [1.29, 1.82) is 0 Å². The smallest absolute Gasteiger partial charge is 0.319 e. The molecule has 1 atom stereocenters. The predicted molar refractivity (Wildman–Crippen MR) is 47.5 cm³/mol. The van der Waals surface area contributed by atoms with Crippen molar-refractivity contribution < 1.29 is 13.2 Å². The van der Waals surface area contributed by atoms with Crippen molar-refractivity contribution in [3.8, 4) is 0 Å². The molecule has 0 aromatic rings. The molecule has 13 heavy (non-hydrogen) atoms. The summed E-state index contributed by atoms with van der Waals surface area (Å²) in [5, 5.41) is 2.80. The normalized spacial score (nSPS) is 15.0. The van der Waals surface area contributed by atoms with Crippen LogP contribution in [0.25, 0.3) is 0 Å². The molecule has 0 unspecified atom stereocenters. The van der Waals surface area contributed by atoms with Gasteiger partial charge in [-0.1, -0.05) is 13.8 Å². The second kappa shape index (κ2) is 5.47. The maximum Gasteiger partial charge on any atom is 0.389 e. The van der Waals surface area contributed by atoms with Gasteiger partial charge in [0.25, 0.3) is 0 Å². The van der Waals surface area contributed by atoms with E-state index in [1.54, 1.807) is 7.05 Å². The molecular formula is C9H18F3N. The molecule has 0 spiro atoms. The number of hydrogen-bond donors (Lipinski definition) is 1. The van der Waals surface area contributed by atoms with Gasteiger partial charge in [0.05, 0.1) is 0 Å². The van der Waals surface area contributed by atoms with E-state index in [0.29, 0.717) is 18.9 Å². The first-order chi connectivity index (χ1) is 5.85. The Morgan fingerprint density at radius 2 is 1.77 bits per heavy atom. The number of rotatable bonds is 5. The molecular weight excluding hydrogens is 179 g/mol. The highest BCUT2D eigenvalue weighted by Gasteiger charge is 2.31. The van der Waals surface area contributed by atoms with Crippen LogP contribution in [-0.4, -0.2) is 19.8 Å². The van der Waals surface area contributed by atoms with Crippen LogP contribution in [0, 0.1) is 11.8 Å². The van der Waals surface area contributed by atoms with Crippen LogP contribution >= 0.6 is 0 Å². The van der Waals surface area contributed by atoms with E-state index in [-0.39, 0.29) is 5.92 Å². The van der Waals surface area contributed by atoms with Gasteiger partial charge in [-0.15, -0.1) is 0 Å². The van der Waals surface area contributed by atoms with Crippen LogP contribution in [0.1, 0.15) is 26.7 Å². The fourth-order valence-corrected chi connectivity index (χ4v) is 1.52. The van der Waals surface area contributed by atoms with E-state index in [2.05, 4.69) is 5.32 Å². The quantitative estimate of drug-likeness (QED) is 0.714. The molecule has 0 aliphatic rings. The van der Waals surface area contributed by atoms with Gasteiger partial charge in [-0.25, -0.2) is 0 Å². The lowest BCUT2D eigenvalue weighted by Gasteiger charge is -2.19. The van der Waals surface area contributed by atoms with Crippen LogP contribution in [0.2, 0.25) is 0 Å². The van der Waals surface area contributed by atoms with Crippen molar-refractivity contribution in [2.45, 2.75) is 32.9 Å². The fourth-order valence-electron chi connectivity index (χ4n) is 1.52. The molecule has 1 nitrogen and oxygen atoms in total. The van der Waals surface area contributed by atoms with E-state index in [9.17, 15) is 13.2 Å². The Kier molecular flexibility index (Phi) is 5.37. The van der Waals surface area contributed by atoms with E-state index in [4.69, 9.17) is 0 Å². The fraction of sp³-hybridized carbons (Fsp3) is 1.00. The molecule has 1 N–H and O–H groups in total. The Morgan fingerprint density at radius 3 is 2.08 bits per heavy atom. The van der Waals surface area contributed by atoms with Gasteiger partial charge >= 0.3 is 6.18 Å². The summed E-state index contributed by atoms with van der Waals surface area (Å²) in [6.45, 7) is 4.33. The molecule has 0 rings (SSSR count). The van der Waals surface area contributed by atoms with Gasteiger partial charge in [0.15, 0.2) is 0 Å². The summed E-state index contributed by atoms with van der Waals surface area (Å²) in [5.41, 5.74) is 0. The third-order valence-corrected chi connectivity index (χ3v) is 1.82. The molecule has 0 aromatic heterocycles. The van der Waals surface area contributed by atoms with Crippen LogP contribution in [0.4, 0.5) is 13.2 Å². The van der Waals surface area contributed by atoms with E-state index < -0.39 is 12.6 Å². The molecule has 0 heterocycles. The molecule has 80 valence electrons. The number of hydrogen-bond acceptors (Lipinski definition) is 1. The average Bonchev–Trinajstić information content (AvgIpc) is 1.81. The standard InChI is InChI=1S/C9H18F3N/c1-7(2)4-8(6-13-3)5-9(10,11)12/h7-8,13H,4-6H2,1-3H3/t8-/m0/s1. The lowest BCUT2D eigenvalue weighted by Crippen LogP contribution is -2.25. The first kappa shape index (κ1) is 12.8. The summed E-state index contributed by atoms with van der Waals surface area (Å²) in [4.78, 5) is 0. The molecule has 0 fully saturated rings. The highest BCUT2D eigenvalue weighted by Crippen LogP contribution is 2.27. The molecule has 0 saturated heterocycles. The van der Waals surface area contributed by atoms with Crippen molar-refractivity contribution in [1.82, 2.24) is 5.32 Å². The van der Waals surface area contributed by atoms with Gasteiger partial charge in [0, 0.05) is 6.42 Å². The van der Waals surface area contributed by atoms with E-state index in [1.807, 2.05) is 13.8 Å². The summed E-state index contributed by atoms with van der Waals surface area (Å²) in [6, 6.07) is 0. The van der Waals surface area contributed by atoms with Gasteiger partial charge in [-0.05, 0) is 31.8 Å². The van der Waals surface area contributed by atoms with Crippen molar-refractivity contribution >= 4 is 0 Å². The molecule has 0 bridgehead atoms. The Labute approximate surface area is 77.7 Å². The monoisotopic (exact) mass is 197 g/mol. The third-order valence-electron chi connectivity index (χ3n) is 1.82. The maximum atomic E-state index is 12.1. The highest BCUT2D eigenvalue weighted by atomic mass is 19.4. The first-order valence-electron chi connectivity index (χ1n) is 4.56. The summed E-state index contributed by atoms with van der Waals surface area (Å²) in [6.07, 6.45) is -4.08. The lowest BCUT2D eigenvalue weighted by molar-refractivity contribution is -0.145. The van der Waals surface area contributed by atoms with Gasteiger partial charge in [-0.2, -0.15) is 13.2 Å². The summed E-state index contributed by atoms with van der Waals surface area (Å²) in [7, 11) is 1.68. The Hall–Kier alpha value is -0.250. The lowest BCUT2D eigenvalue weighted by atomic mass is 9.94. The van der Waals surface area contributed by atoms with Gasteiger partial charge in [-0.3, -0.25) is 0 Å². The van der Waals surface area contributed by atoms with E-state index >= 15 is 0 Å². The minimum absolute atomic E-state index is 0.287. The largest absolute Gasteiger partial charge is 0.389 e. The minimum Gasteiger partial charge on any atom is -0.319 e. The van der Waals surface area contributed by atoms with Crippen molar-refractivity contribution in [2.24, 2.45) is 11.8 Å².